The largest absolute Gasteiger partial charge is 0.454 e. The number of aryl methyl sites for hydroxylation is 1. The van der Waals surface area contributed by atoms with Gasteiger partial charge in [0.05, 0.1) is 6.17 Å². The summed E-state index contributed by atoms with van der Waals surface area (Å²) in [5.74, 6) is 1.49. The Labute approximate surface area is 189 Å². The first-order valence-electron chi connectivity index (χ1n) is 11.4. The number of carbonyl (C=O) groups excluding carboxylic acids is 1. The van der Waals surface area contributed by atoms with Crippen LogP contribution in [0.1, 0.15) is 53.4 Å². The molecule has 0 saturated carbocycles. The number of hydrogen-bond acceptors (Lipinski definition) is 4. The number of benzene rings is 3. The van der Waals surface area contributed by atoms with Crippen molar-refractivity contribution in [1.82, 2.24) is 9.80 Å². The molecular weight excluding hydrogens is 400 g/mol. The Balaban J connectivity index is 1.47. The van der Waals surface area contributed by atoms with E-state index >= 15 is 0 Å². The van der Waals surface area contributed by atoms with E-state index in [4.69, 9.17) is 9.47 Å². The average Bonchev–Trinajstić information content (AvgIpc) is 3.27. The van der Waals surface area contributed by atoms with Crippen molar-refractivity contribution < 1.29 is 14.3 Å². The lowest BCUT2D eigenvalue weighted by molar-refractivity contribution is 0.0235. The van der Waals surface area contributed by atoms with Gasteiger partial charge >= 0.3 is 0 Å². The number of ether oxygens (including phenoxy) is 2. The van der Waals surface area contributed by atoms with E-state index in [0.29, 0.717) is 12.3 Å². The lowest BCUT2D eigenvalue weighted by atomic mass is 9.93. The lowest BCUT2D eigenvalue weighted by Gasteiger charge is -2.43. The highest BCUT2D eigenvalue weighted by Crippen LogP contribution is 2.38. The van der Waals surface area contributed by atoms with Crippen LogP contribution in [0, 0.1) is 6.92 Å². The standard InChI is InChI=1S/C27H30N2O3/c1-5-25(28(4)18(3)26-17(2)10-11-19-8-6-7-9-21(19)26)29-13-12-20-14-23-24(32-16-31-23)15-22(20)27(29)30/h6-11,14-15,18,25H,5,12-13,16H2,1-4H3. The third-order valence-corrected chi connectivity index (χ3v) is 7.12. The van der Waals surface area contributed by atoms with Crippen LogP contribution < -0.4 is 9.47 Å². The number of fused-ring (bicyclic) bond motifs is 3. The quantitative estimate of drug-likeness (QED) is 0.551. The van der Waals surface area contributed by atoms with Crippen LogP contribution in [-0.4, -0.2) is 42.3 Å². The van der Waals surface area contributed by atoms with Crippen LogP contribution in [0.5, 0.6) is 11.5 Å². The predicted octanol–water partition coefficient (Wildman–Crippen LogP) is 5.30. The van der Waals surface area contributed by atoms with Crippen molar-refractivity contribution in [3.8, 4) is 11.5 Å². The summed E-state index contributed by atoms with van der Waals surface area (Å²) in [5.41, 5.74) is 4.39. The minimum atomic E-state index is 0.00874. The van der Waals surface area contributed by atoms with Crippen molar-refractivity contribution in [1.29, 1.82) is 0 Å². The molecule has 2 aliphatic rings. The van der Waals surface area contributed by atoms with Gasteiger partial charge in [0.25, 0.3) is 5.91 Å². The van der Waals surface area contributed by atoms with Gasteiger partial charge in [-0.15, -0.1) is 0 Å². The van der Waals surface area contributed by atoms with E-state index in [-0.39, 0.29) is 24.9 Å². The van der Waals surface area contributed by atoms with Gasteiger partial charge in [-0.3, -0.25) is 9.69 Å². The summed E-state index contributed by atoms with van der Waals surface area (Å²) in [5, 5.41) is 2.53. The third kappa shape index (κ3) is 3.32. The summed E-state index contributed by atoms with van der Waals surface area (Å²) in [6.45, 7) is 7.51. The van der Waals surface area contributed by atoms with Gasteiger partial charge in [-0.05, 0) is 73.3 Å². The van der Waals surface area contributed by atoms with Crippen molar-refractivity contribution in [3.63, 3.8) is 0 Å². The fourth-order valence-electron chi connectivity index (χ4n) is 5.32. The summed E-state index contributed by atoms with van der Waals surface area (Å²) < 4.78 is 11.0. The molecule has 1 amide bonds. The van der Waals surface area contributed by atoms with E-state index in [1.165, 1.54) is 21.9 Å². The van der Waals surface area contributed by atoms with Gasteiger partial charge in [-0.1, -0.05) is 43.3 Å². The van der Waals surface area contributed by atoms with Crippen LogP contribution in [-0.2, 0) is 6.42 Å². The van der Waals surface area contributed by atoms with Crippen molar-refractivity contribution in [2.75, 3.05) is 20.4 Å². The average molecular weight is 431 g/mol. The monoisotopic (exact) mass is 430 g/mol. The molecule has 2 atom stereocenters. The number of carbonyl (C=O) groups is 1. The fraction of sp³-hybridized carbons (Fsp3) is 0.370. The summed E-state index contributed by atoms with van der Waals surface area (Å²) in [6, 6.07) is 16.9. The van der Waals surface area contributed by atoms with E-state index in [1.54, 1.807) is 0 Å². The topological polar surface area (TPSA) is 42.0 Å². The number of rotatable bonds is 5. The molecule has 0 aliphatic carbocycles. The van der Waals surface area contributed by atoms with Crippen LogP contribution in [0.3, 0.4) is 0 Å². The minimum absolute atomic E-state index is 0.00874. The molecule has 5 heteroatoms. The zero-order chi connectivity index (χ0) is 22.4. The van der Waals surface area contributed by atoms with E-state index in [0.717, 1.165) is 29.7 Å². The van der Waals surface area contributed by atoms with Gasteiger partial charge < -0.3 is 14.4 Å². The Kier molecular flexibility index (Phi) is 5.30. The van der Waals surface area contributed by atoms with Gasteiger partial charge in [0.1, 0.15) is 0 Å². The van der Waals surface area contributed by atoms with Crippen LogP contribution in [0.25, 0.3) is 10.8 Å². The van der Waals surface area contributed by atoms with Crippen molar-refractivity contribution in [3.05, 3.63) is 70.8 Å². The highest BCUT2D eigenvalue weighted by molar-refractivity contribution is 5.97. The van der Waals surface area contributed by atoms with Gasteiger partial charge in [0.2, 0.25) is 6.79 Å². The zero-order valence-corrected chi connectivity index (χ0v) is 19.2. The molecule has 0 radical (unpaired) electrons. The van der Waals surface area contributed by atoms with E-state index in [9.17, 15) is 4.79 Å². The van der Waals surface area contributed by atoms with Gasteiger partial charge in [-0.2, -0.15) is 0 Å². The molecular formula is C27H30N2O3. The summed E-state index contributed by atoms with van der Waals surface area (Å²) >= 11 is 0. The molecule has 0 saturated heterocycles. The molecule has 5 nitrogen and oxygen atoms in total. The van der Waals surface area contributed by atoms with Crippen molar-refractivity contribution in [2.24, 2.45) is 0 Å². The second-order valence-electron chi connectivity index (χ2n) is 8.86. The molecule has 2 aliphatic heterocycles. The molecule has 5 rings (SSSR count). The van der Waals surface area contributed by atoms with Crippen molar-refractivity contribution in [2.45, 2.75) is 45.8 Å². The SMILES string of the molecule is CCC(N1CCc2cc3c(cc2C1=O)OCO3)N(C)C(C)c1c(C)ccc2ccccc12. The molecule has 3 aromatic carbocycles. The summed E-state index contributed by atoms with van der Waals surface area (Å²) in [6.07, 6.45) is 1.69. The smallest absolute Gasteiger partial charge is 0.255 e. The minimum Gasteiger partial charge on any atom is -0.454 e. The van der Waals surface area contributed by atoms with E-state index in [1.807, 2.05) is 17.0 Å². The number of hydrogen-bond donors (Lipinski definition) is 0. The lowest BCUT2D eigenvalue weighted by Crippen LogP contribution is -2.52. The van der Waals surface area contributed by atoms with Crippen molar-refractivity contribution >= 4 is 16.7 Å². The Morgan fingerprint density at radius 2 is 1.84 bits per heavy atom. The Hall–Kier alpha value is -3.05. The first-order valence-corrected chi connectivity index (χ1v) is 11.4. The van der Waals surface area contributed by atoms with Gasteiger partial charge in [-0.25, -0.2) is 0 Å². The second-order valence-corrected chi connectivity index (χ2v) is 8.86. The summed E-state index contributed by atoms with van der Waals surface area (Å²) in [4.78, 5) is 17.9. The Morgan fingerprint density at radius 3 is 2.62 bits per heavy atom. The van der Waals surface area contributed by atoms with Crippen LogP contribution >= 0.6 is 0 Å². The highest BCUT2D eigenvalue weighted by atomic mass is 16.7. The maximum atomic E-state index is 13.6. The Bertz CT molecular complexity index is 1190. The van der Waals surface area contributed by atoms with Crippen LogP contribution in [0.2, 0.25) is 0 Å². The maximum absolute atomic E-state index is 13.6. The van der Waals surface area contributed by atoms with Crippen LogP contribution in [0.4, 0.5) is 0 Å². The fourth-order valence-corrected chi connectivity index (χ4v) is 5.32. The van der Waals surface area contributed by atoms with E-state index < -0.39 is 0 Å². The zero-order valence-electron chi connectivity index (χ0n) is 19.2. The normalized spacial score (nSPS) is 17.0. The molecule has 0 spiro atoms. The molecule has 166 valence electrons. The highest BCUT2D eigenvalue weighted by Gasteiger charge is 2.35. The maximum Gasteiger partial charge on any atom is 0.255 e. The number of nitrogens with zero attached hydrogens (tertiary/aromatic N) is 2. The van der Waals surface area contributed by atoms with E-state index in [2.05, 4.69) is 69.1 Å². The molecule has 0 fully saturated rings. The molecule has 2 heterocycles. The molecule has 2 unspecified atom stereocenters. The van der Waals surface area contributed by atoms with Crippen LogP contribution in [0.15, 0.2) is 48.5 Å². The molecule has 32 heavy (non-hydrogen) atoms. The third-order valence-electron chi connectivity index (χ3n) is 7.12. The molecule has 0 bridgehead atoms. The first-order chi connectivity index (χ1) is 15.5. The Morgan fingerprint density at radius 1 is 1.09 bits per heavy atom. The molecule has 0 N–H and O–H groups in total. The first kappa shape index (κ1) is 20.8. The van der Waals surface area contributed by atoms with Gasteiger partial charge in [0.15, 0.2) is 11.5 Å². The molecule has 0 aromatic heterocycles. The summed E-state index contributed by atoms with van der Waals surface area (Å²) in [7, 11) is 2.14. The number of amides is 1. The van der Waals surface area contributed by atoms with Gasteiger partial charge in [0, 0.05) is 18.2 Å². The second kappa shape index (κ2) is 8.14. The molecule has 3 aromatic rings. The predicted molar refractivity (Wildman–Crippen MR) is 126 cm³/mol.